The summed E-state index contributed by atoms with van der Waals surface area (Å²) in [4.78, 5) is 4.67. The van der Waals surface area contributed by atoms with Gasteiger partial charge in [0.2, 0.25) is 0 Å². The molecule has 3 aromatic rings. The fourth-order valence-electron chi connectivity index (χ4n) is 4.79. The van der Waals surface area contributed by atoms with E-state index in [9.17, 15) is 0 Å². The van der Waals surface area contributed by atoms with Crippen molar-refractivity contribution in [1.82, 2.24) is 9.61 Å². The van der Waals surface area contributed by atoms with E-state index in [2.05, 4.69) is 18.7 Å². The van der Waals surface area contributed by atoms with Gasteiger partial charge < -0.3 is 28.6 Å². The molecule has 34 heavy (non-hydrogen) atoms. The molecule has 9 heteroatoms. The average Bonchev–Trinajstić information content (AvgIpc) is 3.36. The van der Waals surface area contributed by atoms with E-state index in [0.717, 1.165) is 82.7 Å². The van der Waals surface area contributed by atoms with E-state index in [0.29, 0.717) is 18.5 Å². The first-order valence-corrected chi connectivity index (χ1v) is 12.5. The second-order valence-electron chi connectivity index (χ2n) is 8.43. The zero-order valence-electron chi connectivity index (χ0n) is 21.0. The predicted molar refractivity (Wildman–Crippen MR) is 135 cm³/mol. The van der Waals surface area contributed by atoms with Gasteiger partial charge in [-0.05, 0) is 43.9 Å². The van der Waals surface area contributed by atoms with E-state index in [4.69, 9.17) is 28.8 Å². The lowest BCUT2D eigenvalue weighted by Crippen LogP contribution is -2.40. The van der Waals surface area contributed by atoms with Crippen LogP contribution in [0.3, 0.4) is 0 Å². The Hall–Kier alpha value is -2.49. The van der Waals surface area contributed by atoms with Gasteiger partial charge in [-0.25, -0.2) is 4.52 Å². The second-order valence-corrected chi connectivity index (χ2v) is 9.63. The zero-order chi connectivity index (χ0) is 24.2. The molecule has 2 aromatic heterocycles. The first kappa shape index (κ1) is 24.6. The Kier molecular flexibility index (Phi) is 7.85. The van der Waals surface area contributed by atoms with Crippen LogP contribution in [-0.2, 0) is 16.1 Å². The molecule has 0 N–H and O–H groups in total. The third-order valence-electron chi connectivity index (χ3n) is 6.27. The van der Waals surface area contributed by atoms with E-state index in [1.54, 1.807) is 39.8 Å². The molecule has 0 radical (unpaired) electrons. The molecule has 0 amide bonds. The Bertz CT molecular complexity index is 1090. The van der Waals surface area contributed by atoms with Gasteiger partial charge in [-0.15, -0.1) is 16.4 Å². The van der Waals surface area contributed by atoms with Crippen molar-refractivity contribution < 1.29 is 23.7 Å². The minimum absolute atomic E-state index is 0.402. The number of hydrogen-bond acceptors (Lipinski definition) is 8. The van der Waals surface area contributed by atoms with Crippen molar-refractivity contribution in [3.05, 3.63) is 22.6 Å². The number of rotatable bonds is 10. The smallest absolute Gasteiger partial charge is 0.258 e. The molecular formula is C25H35N3O5S. The van der Waals surface area contributed by atoms with Crippen LogP contribution in [0.25, 0.3) is 16.1 Å². The van der Waals surface area contributed by atoms with Crippen molar-refractivity contribution in [2.24, 2.45) is 0 Å². The topological polar surface area (TPSA) is 66.7 Å². The zero-order valence-corrected chi connectivity index (χ0v) is 21.8. The van der Waals surface area contributed by atoms with Crippen LogP contribution in [0.2, 0.25) is 0 Å². The quantitative estimate of drug-likeness (QED) is 0.400. The first-order chi connectivity index (χ1) is 16.6. The van der Waals surface area contributed by atoms with E-state index in [1.165, 1.54) is 0 Å². The summed E-state index contributed by atoms with van der Waals surface area (Å²) in [7, 11) is 6.72. The third-order valence-corrected chi connectivity index (χ3v) is 7.33. The molecule has 1 aliphatic heterocycles. The maximum absolute atomic E-state index is 5.82. The summed E-state index contributed by atoms with van der Waals surface area (Å²) in [6, 6.07) is 4.40. The molecular weight excluding hydrogens is 454 g/mol. The van der Waals surface area contributed by atoms with Gasteiger partial charge >= 0.3 is 0 Å². The normalized spacial score (nSPS) is 14.5. The molecule has 4 rings (SSSR count). The number of methoxy groups -OCH3 is 4. The third kappa shape index (κ3) is 4.44. The van der Waals surface area contributed by atoms with E-state index >= 15 is 0 Å². The fourth-order valence-corrected chi connectivity index (χ4v) is 5.89. The number of aryl methyl sites for hydroxylation is 1. The SMILES string of the molecule is CCCN(c1c(OC)nn2c(-c3c(OC)cc(COC)cc3OC)c(C)sc12)C1CCOCC1. The van der Waals surface area contributed by atoms with Crippen LogP contribution in [-0.4, -0.2) is 63.9 Å². The molecule has 0 spiro atoms. The molecule has 0 aliphatic carbocycles. The van der Waals surface area contributed by atoms with Crippen molar-refractivity contribution in [3.8, 4) is 28.6 Å². The highest BCUT2D eigenvalue weighted by Gasteiger charge is 2.31. The summed E-state index contributed by atoms with van der Waals surface area (Å²) < 4.78 is 30.4. The molecule has 1 saturated heterocycles. The van der Waals surface area contributed by atoms with Crippen LogP contribution < -0.4 is 19.1 Å². The number of ether oxygens (including phenoxy) is 5. The number of hydrogen-bond donors (Lipinski definition) is 0. The molecule has 8 nitrogen and oxygen atoms in total. The molecule has 186 valence electrons. The van der Waals surface area contributed by atoms with Crippen molar-refractivity contribution in [2.75, 3.05) is 53.1 Å². The molecule has 1 aromatic carbocycles. The van der Waals surface area contributed by atoms with Crippen LogP contribution in [0.15, 0.2) is 12.1 Å². The summed E-state index contributed by atoms with van der Waals surface area (Å²) in [5, 5.41) is 4.93. The van der Waals surface area contributed by atoms with Crippen molar-refractivity contribution >= 4 is 21.9 Å². The highest BCUT2D eigenvalue weighted by atomic mass is 32.1. The van der Waals surface area contributed by atoms with Crippen molar-refractivity contribution in [2.45, 2.75) is 45.8 Å². The largest absolute Gasteiger partial charge is 0.496 e. The lowest BCUT2D eigenvalue weighted by molar-refractivity contribution is 0.0843. The summed E-state index contributed by atoms with van der Waals surface area (Å²) in [6.45, 7) is 7.31. The van der Waals surface area contributed by atoms with Gasteiger partial charge in [0.1, 0.15) is 22.0 Å². The van der Waals surface area contributed by atoms with Gasteiger partial charge in [-0.3, -0.25) is 0 Å². The first-order valence-electron chi connectivity index (χ1n) is 11.7. The lowest BCUT2D eigenvalue weighted by atomic mass is 10.0. The number of benzene rings is 1. The molecule has 0 bridgehead atoms. The number of aromatic nitrogens is 2. The summed E-state index contributed by atoms with van der Waals surface area (Å²) in [6.07, 6.45) is 3.04. The van der Waals surface area contributed by atoms with Crippen molar-refractivity contribution in [1.29, 1.82) is 0 Å². The lowest BCUT2D eigenvalue weighted by Gasteiger charge is -2.35. The molecule has 0 saturated carbocycles. The highest BCUT2D eigenvalue weighted by molar-refractivity contribution is 7.18. The van der Waals surface area contributed by atoms with Crippen LogP contribution in [0, 0.1) is 6.92 Å². The number of fused-ring (bicyclic) bond motifs is 1. The second kappa shape index (κ2) is 10.8. The van der Waals surface area contributed by atoms with Crippen LogP contribution in [0.1, 0.15) is 36.6 Å². The van der Waals surface area contributed by atoms with Crippen LogP contribution >= 0.6 is 11.3 Å². The summed E-state index contributed by atoms with van der Waals surface area (Å²) >= 11 is 1.72. The molecule has 0 atom stereocenters. The van der Waals surface area contributed by atoms with E-state index in [1.807, 2.05) is 16.6 Å². The Morgan fingerprint density at radius 3 is 2.32 bits per heavy atom. The molecule has 3 heterocycles. The monoisotopic (exact) mass is 489 g/mol. The average molecular weight is 490 g/mol. The Balaban J connectivity index is 1.92. The summed E-state index contributed by atoms with van der Waals surface area (Å²) in [5.41, 5.74) is 3.87. The maximum Gasteiger partial charge on any atom is 0.258 e. The van der Waals surface area contributed by atoms with Crippen molar-refractivity contribution in [3.63, 3.8) is 0 Å². The van der Waals surface area contributed by atoms with Gasteiger partial charge in [0.15, 0.2) is 0 Å². The molecule has 1 aliphatic rings. The minimum atomic E-state index is 0.402. The number of anilines is 1. The summed E-state index contributed by atoms with van der Waals surface area (Å²) in [5.74, 6) is 2.08. The molecule has 0 unspecified atom stereocenters. The standard InChI is InChI=1S/C25H35N3O5S/c1-7-10-27(18-8-11-33-12-9-18)23-24(32-6)26-28-22(16(2)34-25(23)28)21-19(30-4)13-17(15-29-3)14-20(21)31-5/h13-14,18H,7-12,15H2,1-6H3. The number of nitrogens with zero attached hydrogens (tertiary/aromatic N) is 3. The van der Waals surface area contributed by atoms with Crippen LogP contribution in [0.5, 0.6) is 17.4 Å². The van der Waals surface area contributed by atoms with Gasteiger partial charge in [0, 0.05) is 37.8 Å². The van der Waals surface area contributed by atoms with E-state index in [-0.39, 0.29) is 0 Å². The Morgan fingerprint density at radius 2 is 1.76 bits per heavy atom. The Morgan fingerprint density at radius 1 is 1.09 bits per heavy atom. The molecule has 1 fully saturated rings. The van der Waals surface area contributed by atoms with Gasteiger partial charge in [0.05, 0.1) is 39.2 Å². The van der Waals surface area contributed by atoms with Gasteiger partial charge in [-0.1, -0.05) is 6.92 Å². The van der Waals surface area contributed by atoms with Gasteiger partial charge in [0.25, 0.3) is 5.88 Å². The maximum atomic E-state index is 5.82. The predicted octanol–water partition coefficient (Wildman–Crippen LogP) is 4.94. The van der Waals surface area contributed by atoms with Gasteiger partial charge in [-0.2, -0.15) is 0 Å². The highest BCUT2D eigenvalue weighted by Crippen LogP contribution is 2.47. The minimum Gasteiger partial charge on any atom is -0.496 e. The fraction of sp³-hybridized carbons (Fsp3) is 0.560. The van der Waals surface area contributed by atoms with E-state index < -0.39 is 0 Å². The Labute approximate surface area is 205 Å². The van der Waals surface area contributed by atoms with Crippen LogP contribution in [0.4, 0.5) is 5.69 Å². The number of thiazole rings is 1.